The SMILES string of the molecule is CCn1c(C)cc(C(=O)COC(=O)[C@H](C)N2C(=O)[C@H]3CC=CC[C@@H]3C2=O)c1C. The van der Waals surface area contributed by atoms with Gasteiger partial charge in [0.05, 0.1) is 11.8 Å². The lowest BCUT2D eigenvalue weighted by Gasteiger charge is -2.21. The van der Waals surface area contributed by atoms with Crippen molar-refractivity contribution in [3.8, 4) is 0 Å². The van der Waals surface area contributed by atoms with E-state index in [1.165, 1.54) is 6.92 Å². The van der Waals surface area contributed by atoms with Crippen molar-refractivity contribution in [2.24, 2.45) is 11.8 Å². The third-order valence-electron chi connectivity index (χ3n) is 5.81. The number of imide groups is 1. The molecule has 0 N–H and O–H groups in total. The zero-order valence-electron chi connectivity index (χ0n) is 16.7. The maximum Gasteiger partial charge on any atom is 0.329 e. The van der Waals surface area contributed by atoms with Crippen molar-refractivity contribution in [3.05, 3.63) is 35.2 Å². The van der Waals surface area contributed by atoms with E-state index in [0.29, 0.717) is 18.4 Å². The average molecular weight is 386 g/mol. The van der Waals surface area contributed by atoms with Crippen molar-refractivity contribution in [1.82, 2.24) is 9.47 Å². The molecule has 2 heterocycles. The predicted octanol–water partition coefficient (Wildman–Crippen LogP) is 2.19. The molecule has 2 amide bonds. The molecule has 1 aliphatic carbocycles. The fraction of sp³-hybridized carbons (Fsp3) is 0.524. The smallest absolute Gasteiger partial charge is 0.329 e. The maximum absolute atomic E-state index is 12.6. The largest absolute Gasteiger partial charge is 0.456 e. The van der Waals surface area contributed by atoms with Crippen molar-refractivity contribution < 1.29 is 23.9 Å². The van der Waals surface area contributed by atoms with Crippen LogP contribution in [0.1, 0.15) is 48.4 Å². The quantitative estimate of drug-likeness (QED) is 0.324. The number of ketones is 1. The van der Waals surface area contributed by atoms with Crippen LogP contribution in [0.3, 0.4) is 0 Å². The summed E-state index contributed by atoms with van der Waals surface area (Å²) in [4.78, 5) is 51.1. The van der Waals surface area contributed by atoms with E-state index in [1.54, 1.807) is 6.07 Å². The molecule has 1 aliphatic heterocycles. The zero-order chi connectivity index (χ0) is 20.6. The first-order chi connectivity index (χ1) is 13.3. The van der Waals surface area contributed by atoms with E-state index in [2.05, 4.69) is 0 Å². The molecule has 150 valence electrons. The summed E-state index contributed by atoms with van der Waals surface area (Å²) in [6, 6.07) is 0.741. The molecule has 1 fully saturated rings. The number of ether oxygens (including phenoxy) is 1. The molecular formula is C21H26N2O5. The number of rotatable bonds is 6. The van der Waals surface area contributed by atoms with E-state index >= 15 is 0 Å². The summed E-state index contributed by atoms with van der Waals surface area (Å²) >= 11 is 0. The van der Waals surface area contributed by atoms with Crippen molar-refractivity contribution in [2.45, 2.75) is 53.1 Å². The molecule has 1 aromatic heterocycles. The van der Waals surface area contributed by atoms with E-state index < -0.39 is 30.5 Å². The van der Waals surface area contributed by atoms with Crippen LogP contribution in [0, 0.1) is 25.7 Å². The van der Waals surface area contributed by atoms with Gasteiger partial charge in [0.15, 0.2) is 6.61 Å². The molecule has 1 saturated heterocycles. The van der Waals surface area contributed by atoms with E-state index in [4.69, 9.17) is 4.74 Å². The monoisotopic (exact) mass is 386 g/mol. The molecule has 3 atom stereocenters. The average Bonchev–Trinajstić information content (AvgIpc) is 3.12. The van der Waals surface area contributed by atoms with Crippen LogP contribution in [-0.2, 0) is 25.7 Å². The van der Waals surface area contributed by atoms with Crippen molar-refractivity contribution >= 4 is 23.6 Å². The number of carbonyl (C=O) groups is 4. The van der Waals surface area contributed by atoms with Crippen LogP contribution in [0.15, 0.2) is 18.2 Å². The number of Topliss-reactive ketones (excluding diaryl/α,β-unsaturated/α-hetero) is 1. The van der Waals surface area contributed by atoms with Gasteiger partial charge in [-0.3, -0.25) is 19.3 Å². The Morgan fingerprint density at radius 3 is 2.21 bits per heavy atom. The number of carbonyl (C=O) groups excluding carboxylic acids is 4. The molecule has 3 rings (SSSR count). The first-order valence-electron chi connectivity index (χ1n) is 9.66. The fourth-order valence-corrected chi connectivity index (χ4v) is 4.22. The van der Waals surface area contributed by atoms with Crippen LogP contribution in [0.2, 0.25) is 0 Å². The Morgan fingerprint density at radius 2 is 1.71 bits per heavy atom. The van der Waals surface area contributed by atoms with Gasteiger partial charge in [0, 0.05) is 23.5 Å². The van der Waals surface area contributed by atoms with Gasteiger partial charge in [-0.15, -0.1) is 0 Å². The van der Waals surface area contributed by atoms with Crippen LogP contribution in [0.25, 0.3) is 0 Å². The molecule has 1 aromatic rings. The second kappa shape index (κ2) is 7.73. The number of fused-ring (bicyclic) bond motifs is 1. The van der Waals surface area contributed by atoms with E-state index in [0.717, 1.165) is 22.8 Å². The highest BCUT2D eigenvalue weighted by atomic mass is 16.5. The number of nitrogens with zero attached hydrogens (tertiary/aromatic N) is 2. The van der Waals surface area contributed by atoms with Crippen molar-refractivity contribution in [2.75, 3.05) is 6.61 Å². The Morgan fingerprint density at radius 1 is 1.14 bits per heavy atom. The zero-order valence-corrected chi connectivity index (χ0v) is 16.7. The van der Waals surface area contributed by atoms with Gasteiger partial charge in [-0.05, 0) is 46.6 Å². The molecule has 0 saturated carbocycles. The number of hydrogen-bond donors (Lipinski definition) is 0. The number of esters is 1. The highest BCUT2D eigenvalue weighted by molar-refractivity contribution is 6.08. The molecule has 0 unspecified atom stereocenters. The maximum atomic E-state index is 12.6. The predicted molar refractivity (Wildman–Crippen MR) is 102 cm³/mol. The molecule has 0 bridgehead atoms. The van der Waals surface area contributed by atoms with Gasteiger partial charge in [-0.25, -0.2) is 4.79 Å². The Bertz CT molecular complexity index is 840. The minimum Gasteiger partial charge on any atom is -0.456 e. The van der Waals surface area contributed by atoms with Gasteiger partial charge < -0.3 is 9.30 Å². The third-order valence-corrected chi connectivity index (χ3v) is 5.81. The summed E-state index contributed by atoms with van der Waals surface area (Å²) in [7, 11) is 0. The van der Waals surface area contributed by atoms with Crippen molar-refractivity contribution in [3.63, 3.8) is 0 Å². The summed E-state index contributed by atoms with van der Waals surface area (Å²) < 4.78 is 7.17. The lowest BCUT2D eigenvalue weighted by molar-refractivity contribution is -0.157. The Kier molecular flexibility index (Phi) is 5.54. The first-order valence-corrected chi connectivity index (χ1v) is 9.66. The minimum absolute atomic E-state index is 0.301. The normalized spacial score (nSPS) is 22.4. The summed E-state index contributed by atoms with van der Waals surface area (Å²) in [5.74, 6) is -2.50. The van der Waals surface area contributed by atoms with Crippen molar-refractivity contribution in [1.29, 1.82) is 0 Å². The van der Waals surface area contributed by atoms with Gasteiger partial charge in [0.25, 0.3) is 0 Å². The van der Waals surface area contributed by atoms with Gasteiger partial charge in [0.2, 0.25) is 17.6 Å². The highest BCUT2D eigenvalue weighted by Crippen LogP contribution is 2.36. The minimum atomic E-state index is -1.04. The van der Waals surface area contributed by atoms with Crippen LogP contribution >= 0.6 is 0 Å². The third kappa shape index (κ3) is 3.30. The number of amides is 2. The molecule has 28 heavy (non-hydrogen) atoms. The molecule has 7 heteroatoms. The summed E-state index contributed by atoms with van der Waals surface area (Å²) in [6.45, 7) is 7.56. The Hall–Kier alpha value is -2.70. The molecule has 0 spiro atoms. The van der Waals surface area contributed by atoms with E-state index in [-0.39, 0.29) is 17.6 Å². The van der Waals surface area contributed by atoms with E-state index in [9.17, 15) is 19.2 Å². The molecule has 0 aromatic carbocycles. The molecular weight excluding hydrogens is 360 g/mol. The first kappa shape index (κ1) is 20.0. The lowest BCUT2D eigenvalue weighted by atomic mass is 9.85. The van der Waals surface area contributed by atoms with Gasteiger partial charge in [-0.1, -0.05) is 12.2 Å². The van der Waals surface area contributed by atoms with Crippen LogP contribution < -0.4 is 0 Å². The van der Waals surface area contributed by atoms with Crippen LogP contribution in [-0.4, -0.2) is 45.7 Å². The fourth-order valence-electron chi connectivity index (χ4n) is 4.22. The summed E-state index contributed by atoms with van der Waals surface area (Å²) in [5, 5.41) is 0. The van der Waals surface area contributed by atoms with E-state index in [1.807, 2.05) is 37.5 Å². The van der Waals surface area contributed by atoms with Crippen LogP contribution in [0.4, 0.5) is 0 Å². The standard InChI is InChI=1S/C21H26N2O5/c1-5-22-12(2)10-17(13(22)3)18(24)11-28-21(27)14(4)23-19(25)15-8-6-7-9-16(15)20(23)26/h6-7,10,14-16H,5,8-9,11H2,1-4H3/t14-,15-,16-/m0/s1. The molecule has 7 nitrogen and oxygen atoms in total. The number of hydrogen-bond acceptors (Lipinski definition) is 5. The number of allylic oxidation sites excluding steroid dienone is 2. The van der Waals surface area contributed by atoms with Gasteiger partial charge >= 0.3 is 5.97 Å². The lowest BCUT2D eigenvalue weighted by Crippen LogP contribution is -2.44. The number of aromatic nitrogens is 1. The Labute approximate surface area is 164 Å². The second-order valence-corrected chi connectivity index (χ2v) is 7.44. The second-order valence-electron chi connectivity index (χ2n) is 7.44. The van der Waals surface area contributed by atoms with Gasteiger partial charge in [-0.2, -0.15) is 0 Å². The number of aryl methyl sites for hydroxylation is 1. The number of likely N-dealkylation sites (tertiary alicyclic amines) is 1. The van der Waals surface area contributed by atoms with Crippen LogP contribution in [0.5, 0.6) is 0 Å². The summed E-state index contributed by atoms with van der Waals surface area (Å²) in [6.07, 6.45) is 4.81. The Balaban J connectivity index is 1.64. The summed E-state index contributed by atoms with van der Waals surface area (Å²) in [5.41, 5.74) is 2.31. The molecule has 2 aliphatic rings. The highest BCUT2D eigenvalue weighted by Gasteiger charge is 2.50. The van der Waals surface area contributed by atoms with Gasteiger partial charge in [0.1, 0.15) is 6.04 Å². The topological polar surface area (TPSA) is 85.7 Å². The molecule has 0 radical (unpaired) electrons.